The summed E-state index contributed by atoms with van der Waals surface area (Å²) in [6.07, 6.45) is 5.41. The van der Waals surface area contributed by atoms with Crippen molar-refractivity contribution in [3.63, 3.8) is 0 Å². The van der Waals surface area contributed by atoms with Crippen molar-refractivity contribution in [2.75, 3.05) is 0 Å². The van der Waals surface area contributed by atoms with Crippen LogP contribution in [0.2, 0.25) is 0 Å². The second-order valence-corrected chi connectivity index (χ2v) is 2.20. The van der Waals surface area contributed by atoms with E-state index in [0.29, 0.717) is 0 Å². The Kier molecular flexibility index (Phi) is 1.00. The zero-order valence-electron chi connectivity index (χ0n) is 5.65. The SMILES string of the molecule is Bn1ncc2ccncc21. The summed E-state index contributed by atoms with van der Waals surface area (Å²) >= 11 is 0. The lowest BCUT2D eigenvalue weighted by Crippen LogP contribution is -1.91. The molecule has 0 radical (unpaired) electrons. The van der Waals surface area contributed by atoms with Gasteiger partial charge in [0.15, 0.2) is 0 Å². The van der Waals surface area contributed by atoms with Crippen molar-refractivity contribution in [1.29, 1.82) is 0 Å². The highest BCUT2D eigenvalue weighted by atomic mass is 15.2. The van der Waals surface area contributed by atoms with E-state index in [-0.39, 0.29) is 0 Å². The van der Waals surface area contributed by atoms with Gasteiger partial charge in [0.1, 0.15) is 0 Å². The third-order valence-electron chi connectivity index (χ3n) is 1.55. The van der Waals surface area contributed by atoms with Gasteiger partial charge in [-0.1, -0.05) is 0 Å². The number of pyridine rings is 1. The molecular weight excluding hydrogens is 125 g/mol. The van der Waals surface area contributed by atoms with Crippen molar-refractivity contribution < 1.29 is 0 Å². The van der Waals surface area contributed by atoms with Gasteiger partial charge in [0.05, 0.1) is 17.9 Å². The number of hydrogen-bond acceptors (Lipinski definition) is 2. The van der Waals surface area contributed by atoms with Gasteiger partial charge in [0.25, 0.3) is 0 Å². The largest absolute Gasteiger partial charge is 0.318 e. The minimum atomic E-state index is 1.07. The molecule has 0 bridgehead atoms. The monoisotopic (exact) mass is 131 g/mol. The first kappa shape index (κ1) is 5.47. The molecule has 4 heteroatoms. The third-order valence-corrected chi connectivity index (χ3v) is 1.55. The van der Waals surface area contributed by atoms with Gasteiger partial charge < -0.3 is 4.59 Å². The summed E-state index contributed by atoms with van der Waals surface area (Å²) in [7, 11) is 1.91. The van der Waals surface area contributed by atoms with E-state index in [1.165, 1.54) is 0 Å². The van der Waals surface area contributed by atoms with Crippen molar-refractivity contribution in [1.82, 2.24) is 14.7 Å². The van der Waals surface area contributed by atoms with E-state index in [1.807, 2.05) is 31.0 Å². The van der Waals surface area contributed by atoms with Gasteiger partial charge in [-0.3, -0.25) is 4.98 Å². The van der Waals surface area contributed by atoms with Crippen LogP contribution in [0.5, 0.6) is 0 Å². The minimum absolute atomic E-state index is 1.07. The molecule has 2 aromatic rings. The summed E-state index contributed by atoms with van der Waals surface area (Å²) in [5.74, 6) is 0. The van der Waals surface area contributed by atoms with Crippen LogP contribution in [0.1, 0.15) is 0 Å². The summed E-state index contributed by atoms with van der Waals surface area (Å²) in [4.78, 5) is 3.99. The predicted molar refractivity (Wildman–Crippen MR) is 41.5 cm³/mol. The molecule has 0 amide bonds. The van der Waals surface area contributed by atoms with E-state index in [9.17, 15) is 0 Å². The predicted octanol–water partition coefficient (Wildman–Crippen LogP) is -0.173. The molecule has 2 rings (SSSR count). The Hall–Kier alpha value is -1.32. The summed E-state index contributed by atoms with van der Waals surface area (Å²) < 4.78 is 1.81. The lowest BCUT2D eigenvalue weighted by molar-refractivity contribution is 1.02. The summed E-state index contributed by atoms with van der Waals surface area (Å²) in [5, 5.41) is 5.21. The molecule has 0 unspecified atom stereocenters. The maximum absolute atomic E-state index is 4.07. The van der Waals surface area contributed by atoms with Crippen molar-refractivity contribution in [3.05, 3.63) is 24.7 Å². The van der Waals surface area contributed by atoms with Crippen LogP contribution in [0, 0.1) is 0 Å². The summed E-state index contributed by atoms with van der Waals surface area (Å²) in [6, 6.07) is 1.95. The molecule has 0 saturated carbocycles. The van der Waals surface area contributed by atoms with Crippen LogP contribution < -0.4 is 0 Å². The number of hydrogen-bond donors (Lipinski definition) is 0. The molecule has 0 fully saturated rings. The van der Waals surface area contributed by atoms with E-state index in [2.05, 4.69) is 10.1 Å². The molecule has 0 saturated heterocycles. The van der Waals surface area contributed by atoms with E-state index in [1.54, 1.807) is 6.20 Å². The summed E-state index contributed by atoms with van der Waals surface area (Å²) in [5.41, 5.74) is 1.07. The fourth-order valence-corrected chi connectivity index (χ4v) is 0.987. The zero-order chi connectivity index (χ0) is 6.97. The molecule has 10 heavy (non-hydrogen) atoms. The fourth-order valence-electron chi connectivity index (χ4n) is 0.987. The summed E-state index contributed by atoms with van der Waals surface area (Å²) in [6.45, 7) is 0. The topological polar surface area (TPSA) is 30.7 Å². The number of nitrogens with zero attached hydrogens (tertiary/aromatic N) is 3. The Morgan fingerprint density at radius 3 is 3.10 bits per heavy atom. The highest BCUT2D eigenvalue weighted by Crippen LogP contribution is 2.07. The molecule has 0 spiro atoms. The Morgan fingerprint density at radius 2 is 2.30 bits per heavy atom. The Bertz CT molecular complexity index is 355. The van der Waals surface area contributed by atoms with Gasteiger partial charge in [-0.2, -0.15) is 5.10 Å². The lowest BCUT2D eigenvalue weighted by Gasteiger charge is -1.89. The lowest BCUT2D eigenvalue weighted by atomic mass is 10.3. The van der Waals surface area contributed by atoms with Crippen LogP contribution >= 0.6 is 0 Å². The number of fused-ring (bicyclic) bond motifs is 1. The molecule has 2 aromatic heterocycles. The fraction of sp³-hybridized carbons (Fsp3) is 0. The smallest absolute Gasteiger partial charge is 0.249 e. The molecule has 0 aromatic carbocycles. The Morgan fingerprint density at radius 1 is 1.40 bits per heavy atom. The average Bonchev–Trinajstić information content (AvgIpc) is 2.34. The Labute approximate surface area is 59.1 Å². The van der Waals surface area contributed by atoms with E-state index >= 15 is 0 Å². The second-order valence-electron chi connectivity index (χ2n) is 2.20. The van der Waals surface area contributed by atoms with Crippen LogP contribution in [0.3, 0.4) is 0 Å². The first-order chi connectivity index (χ1) is 4.88. The standard InChI is InChI=1S/C6H6BN3/c7-10-6-4-8-2-1-5(6)3-9-10/h1-4H,7H2. The van der Waals surface area contributed by atoms with Gasteiger partial charge >= 0.3 is 0 Å². The van der Waals surface area contributed by atoms with Gasteiger partial charge in [0.2, 0.25) is 7.98 Å². The van der Waals surface area contributed by atoms with Gasteiger partial charge in [0, 0.05) is 11.6 Å². The zero-order valence-corrected chi connectivity index (χ0v) is 5.65. The number of aromatic nitrogens is 3. The highest BCUT2D eigenvalue weighted by molar-refractivity contribution is 6.10. The van der Waals surface area contributed by atoms with Crippen LogP contribution in [-0.4, -0.2) is 22.7 Å². The number of rotatable bonds is 0. The van der Waals surface area contributed by atoms with E-state index in [0.717, 1.165) is 10.9 Å². The maximum Gasteiger partial charge on any atom is 0.249 e. The molecule has 0 aliphatic heterocycles. The van der Waals surface area contributed by atoms with E-state index in [4.69, 9.17) is 0 Å². The second kappa shape index (κ2) is 1.83. The molecule has 0 atom stereocenters. The van der Waals surface area contributed by atoms with Gasteiger partial charge in [-0.25, -0.2) is 0 Å². The highest BCUT2D eigenvalue weighted by Gasteiger charge is 1.94. The van der Waals surface area contributed by atoms with Crippen LogP contribution in [0.15, 0.2) is 24.7 Å². The average molecular weight is 131 g/mol. The normalized spacial score (nSPS) is 10.4. The molecular formula is C6H6BN3. The Balaban J connectivity index is 2.93. The quantitative estimate of drug-likeness (QED) is 0.464. The van der Waals surface area contributed by atoms with Crippen molar-refractivity contribution in [2.45, 2.75) is 0 Å². The minimum Gasteiger partial charge on any atom is -0.318 e. The molecule has 0 N–H and O–H groups in total. The molecule has 3 nitrogen and oxygen atoms in total. The van der Waals surface area contributed by atoms with Crippen LogP contribution in [-0.2, 0) is 0 Å². The molecule has 0 aliphatic carbocycles. The van der Waals surface area contributed by atoms with Gasteiger partial charge in [-0.05, 0) is 6.07 Å². The first-order valence-electron chi connectivity index (χ1n) is 3.09. The maximum atomic E-state index is 4.07. The molecule has 0 aliphatic rings. The van der Waals surface area contributed by atoms with Crippen LogP contribution in [0.4, 0.5) is 0 Å². The van der Waals surface area contributed by atoms with Crippen LogP contribution in [0.25, 0.3) is 10.9 Å². The third kappa shape index (κ3) is 0.619. The van der Waals surface area contributed by atoms with Crippen molar-refractivity contribution in [3.8, 4) is 0 Å². The van der Waals surface area contributed by atoms with Crippen molar-refractivity contribution >= 4 is 18.9 Å². The first-order valence-corrected chi connectivity index (χ1v) is 3.09. The van der Waals surface area contributed by atoms with E-state index < -0.39 is 0 Å². The van der Waals surface area contributed by atoms with Crippen molar-refractivity contribution in [2.24, 2.45) is 0 Å². The van der Waals surface area contributed by atoms with Gasteiger partial charge in [-0.15, -0.1) is 0 Å². The molecule has 48 valence electrons. The molecule has 2 heterocycles.